The quantitative estimate of drug-likeness (QED) is 0.813. The third kappa shape index (κ3) is 3.95. The first-order chi connectivity index (χ1) is 8.31. The van der Waals surface area contributed by atoms with Crippen molar-refractivity contribution in [2.24, 2.45) is 0 Å². The van der Waals surface area contributed by atoms with Crippen molar-refractivity contribution in [1.82, 2.24) is 9.88 Å². The van der Waals surface area contributed by atoms with Crippen molar-refractivity contribution in [2.75, 3.05) is 0 Å². The SMILES string of the molecule is CC(=O)NC(Cn1cc(Br)cc(Br)c1=O)C(=O)O. The largest absolute Gasteiger partial charge is 0.480 e. The van der Waals surface area contributed by atoms with Gasteiger partial charge in [0, 0.05) is 17.6 Å². The fourth-order valence-electron chi connectivity index (χ4n) is 1.33. The van der Waals surface area contributed by atoms with Crippen LogP contribution in [0.2, 0.25) is 0 Å². The molecule has 0 aromatic carbocycles. The second-order valence-electron chi connectivity index (χ2n) is 3.56. The van der Waals surface area contributed by atoms with Crippen molar-refractivity contribution in [3.8, 4) is 0 Å². The Balaban J connectivity index is 3.04. The average Bonchev–Trinajstić information content (AvgIpc) is 2.23. The molecule has 1 aromatic heterocycles. The van der Waals surface area contributed by atoms with Gasteiger partial charge in [0.15, 0.2) is 0 Å². The van der Waals surface area contributed by atoms with Gasteiger partial charge in [-0.25, -0.2) is 4.79 Å². The Morgan fingerprint density at radius 3 is 2.61 bits per heavy atom. The molecule has 0 saturated heterocycles. The van der Waals surface area contributed by atoms with E-state index in [0.29, 0.717) is 8.95 Å². The fraction of sp³-hybridized carbons (Fsp3) is 0.300. The maximum Gasteiger partial charge on any atom is 0.328 e. The summed E-state index contributed by atoms with van der Waals surface area (Å²) in [5, 5.41) is 11.2. The van der Waals surface area contributed by atoms with E-state index in [4.69, 9.17) is 5.11 Å². The average molecular weight is 382 g/mol. The summed E-state index contributed by atoms with van der Waals surface area (Å²) in [6, 6.07) is 0.411. The number of halogens is 2. The predicted octanol–water partition coefficient (Wildman–Crippen LogP) is 0.963. The number of carbonyl (C=O) groups excluding carboxylic acids is 1. The summed E-state index contributed by atoms with van der Waals surface area (Å²) in [6.07, 6.45) is 1.46. The van der Waals surface area contributed by atoms with E-state index in [1.165, 1.54) is 17.7 Å². The summed E-state index contributed by atoms with van der Waals surface area (Å²) in [7, 11) is 0. The van der Waals surface area contributed by atoms with Crippen LogP contribution >= 0.6 is 31.9 Å². The van der Waals surface area contributed by atoms with Crippen molar-refractivity contribution in [1.29, 1.82) is 0 Å². The summed E-state index contributed by atoms with van der Waals surface area (Å²) in [5.41, 5.74) is -0.366. The maximum absolute atomic E-state index is 11.8. The van der Waals surface area contributed by atoms with Crippen LogP contribution in [0.15, 0.2) is 26.0 Å². The molecule has 0 radical (unpaired) electrons. The fourth-order valence-corrected chi connectivity index (χ4v) is 2.59. The van der Waals surface area contributed by atoms with E-state index in [9.17, 15) is 14.4 Å². The minimum absolute atomic E-state index is 0.147. The van der Waals surface area contributed by atoms with Crippen molar-refractivity contribution in [3.05, 3.63) is 31.6 Å². The molecule has 98 valence electrons. The van der Waals surface area contributed by atoms with E-state index >= 15 is 0 Å². The normalized spacial score (nSPS) is 11.9. The lowest BCUT2D eigenvalue weighted by molar-refractivity contribution is -0.141. The number of nitrogens with zero attached hydrogens (tertiary/aromatic N) is 1. The van der Waals surface area contributed by atoms with Crippen LogP contribution in [0.25, 0.3) is 0 Å². The zero-order valence-electron chi connectivity index (χ0n) is 9.31. The molecule has 0 saturated carbocycles. The predicted molar refractivity (Wildman–Crippen MR) is 71.3 cm³/mol. The van der Waals surface area contributed by atoms with Gasteiger partial charge in [-0.3, -0.25) is 9.59 Å². The van der Waals surface area contributed by atoms with Gasteiger partial charge in [-0.1, -0.05) is 0 Å². The smallest absolute Gasteiger partial charge is 0.328 e. The zero-order valence-corrected chi connectivity index (χ0v) is 12.5. The van der Waals surface area contributed by atoms with Gasteiger partial charge in [-0.05, 0) is 37.9 Å². The van der Waals surface area contributed by atoms with Crippen LogP contribution in [0.5, 0.6) is 0 Å². The van der Waals surface area contributed by atoms with E-state index < -0.39 is 17.9 Å². The molecule has 8 heteroatoms. The highest BCUT2D eigenvalue weighted by Gasteiger charge is 2.20. The molecule has 0 fully saturated rings. The minimum atomic E-state index is -1.20. The van der Waals surface area contributed by atoms with Gasteiger partial charge in [0.2, 0.25) is 5.91 Å². The molecule has 6 nitrogen and oxygen atoms in total. The van der Waals surface area contributed by atoms with Crippen LogP contribution in [0.1, 0.15) is 6.92 Å². The van der Waals surface area contributed by atoms with Crippen LogP contribution < -0.4 is 10.9 Å². The monoisotopic (exact) mass is 380 g/mol. The van der Waals surface area contributed by atoms with Gasteiger partial charge in [-0.2, -0.15) is 0 Å². The molecule has 1 amide bonds. The Hall–Kier alpha value is -1.15. The first-order valence-corrected chi connectivity index (χ1v) is 6.45. The van der Waals surface area contributed by atoms with Gasteiger partial charge in [-0.15, -0.1) is 0 Å². The Morgan fingerprint density at radius 2 is 2.11 bits per heavy atom. The molecule has 0 aliphatic heterocycles. The van der Waals surface area contributed by atoms with Gasteiger partial charge in [0.05, 0.1) is 11.0 Å². The molecule has 0 bridgehead atoms. The van der Waals surface area contributed by atoms with Gasteiger partial charge in [0.25, 0.3) is 5.56 Å². The number of pyridine rings is 1. The molecular weight excluding hydrogens is 372 g/mol. The molecule has 0 aliphatic carbocycles. The standard InChI is InChI=1S/C10H10Br2N2O4/c1-5(15)13-8(10(17)18)4-14-3-6(11)2-7(12)9(14)16/h2-3,8H,4H2,1H3,(H,13,15)(H,17,18). The van der Waals surface area contributed by atoms with Crippen molar-refractivity contribution in [3.63, 3.8) is 0 Å². The molecule has 1 heterocycles. The van der Waals surface area contributed by atoms with E-state index in [1.54, 1.807) is 6.07 Å². The number of aromatic nitrogens is 1. The summed E-state index contributed by atoms with van der Waals surface area (Å²) >= 11 is 6.28. The number of aliphatic carboxylic acids is 1. The van der Waals surface area contributed by atoms with Crippen molar-refractivity contribution < 1.29 is 14.7 Å². The number of carboxylic acid groups (broad SMARTS) is 1. The molecule has 1 aromatic rings. The molecule has 1 unspecified atom stereocenters. The molecule has 1 rings (SSSR count). The second kappa shape index (κ2) is 6.14. The highest BCUT2D eigenvalue weighted by molar-refractivity contribution is 9.11. The number of nitrogens with one attached hydrogen (secondary N) is 1. The summed E-state index contributed by atoms with van der Waals surface area (Å²) in [4.78, 5) is 33.6. The summed E-state index contributed by atoms with van der Waals surface area (Å²) < 4.78 is 2.15. The number of carbonyl (C=O) groups is 2. The van der Waals surface area contributed by atoms with Gasteiger partial charge in [0.1, 0.15) is 6.04 Å². The molecule has 0 spiro atoms. The van der Waals surface area contributed by atoms with Crippen LogP contribution in [0.4, 0.5) is 0 Å². The molecule has 1 atom stereocenters. The first-order valence-electron chi connectivity index (χ1n) is 4.86. The maximum atomic E-state index is 11.8. The molecular formula is C10H10Br2N2O4. The van der Waals surface area contributed by atoms with Crippen molar-refractivity contribution in [2.45, 2.75) is 19.5 Å². The first kappa shape index (κ1) is 14.9. The summed E-state index contributed by atoms with van der Waals surface area (Å²) in [5.74, 6) is -1.67. The number of hydrogen-bond donors (Lipinski definition) is 2. The highest BCUT2D eigenvalue weighted by atomic mass is 79.9. The molecule has 2 N–H and O–H groups in total. The number of carboxylic acids is 1. The third-order valence-corrected chi connectivity index (χ3v) is 3.07. The van der Waals surface area contributed by atoms with Crippen LogP contribution in [0, 0.1) is 0 Å². The Morgan fingerprint density at radius 1 is 1.50 bits per heavy atom. The van der Waals surface area contributed by atoms with Gasteiger partial charge < -0.3 is 15.0 Å². The molecule has 0 aliphatic rings. The van der Waals surface area contributed by atoms with Crippen molar-refractivity contribution >= 4 is 43.7 Å². The van der Waals surface area contributed by atoms with Crippen LogP contribution in [0.3, 0.4) is 0 Å². The third-order valence-electron chi connectivity index (χ3n) is 2.06. The lowest BCUT2D eigenvalue weighted by Gasteiger charge is -2.15. The summed E-state index contributed by atoms with van der Waals surface area (Å²) in [6.45, 7) is 1.07. The topological polar surface area (TPSA) is 88.4 Å². The Labute approximate surface area is 119 Å². The van der Waals surface area contributed by atoms with E-state index in [-0.39, 0.29) is 12.1 Å². The Bertz CT molecular complexity index is 541. The Kier molecular flexibility index (Phi) is 5.09. The number of hydrogen-bond acceptors (Lipinski definition) is 3. The van der Waals surface area contributed by atoms with E-state index in [0.717, 1.165) is 0 Å². The van der Waals surface area contributed by atoms with Crippen LogP contribution in [-0.4, -0.2) is 27.6 Å². The zero-order chi connectivity index (χ0) is 13.9. The number of rotatable bonds is 4. The second-order valence-corrected chi connectivity index (χ2v) is 5.33. The van der Waals surface area contributed by atoms with Crippen LogP contribution in [-0.2, 0) is 16.1 Å². The lowest BCUT2D eigenvalue weighted by atomic mass is 10.3. The minimum Gasteiger partial charge on any atom is -0.480 e. The highest BCUT2D eigenvalue weighted by Crippen LogP contribution is 2.13. The van der Waals surface area contributed by atoms with E-state index in [1.807, 2.05) is 0 Å². The number of amides is 1. The van der Waals surface area contributed by atoms with Gasteiger partial charge >= 0.3 is 5.97 Å². The molecule has 18 heavy (non-hydrogen) atoms. The van der Waals surface area contributed by atoms with E-state index in [2.05, 4.69) is 37.2 Å². The lowest BCUT2D eigenvalue weighted by Crippen LogP contribution is -2.44.